The number of aliphatic carboxylic acids is 1. The normalized spacial score (nSPS) is 12.4. The van der Waals surface area contributed by atoms with Gasteiger partial charge in [-0.25, -0.2) is 0 Å². The molecule has 0 fully saturated rings. The number of hydrogen-bond acceptors (Lipinski definition) is 6. The smallest absolute Gasteiger partial charge is 0.265 e. The molecule has 0 rings (SSSR count). The van der Waals surface area contributed by atoms with Crippen molar-refractivity contribution in [3.05, 3.63) is 0 Å². The highest BCUT2D eigenvalue weighted by Crippen LogP contribution is 2.13. The van der Waals surface area contributed by atoms with E-state index in [4.69, 9.17) is 4.55 Å². The average Bonchev–Trinajstić information content (AvgIpc) is 2.55. The summed E-state index contributed by atoms with van der Waals surface area (Å²) < 4.78 is 31.5. The van der Waals surface area contributed by atoms with Gasteiger partial charge in [0.25, 0.3) is 10.1 Å². The molecule has 30 heavy (non-hydrogen) atoms. The van der Waals surface area contributed by atoms with Crippen molar-refractivity contribution >= 4 is 16.1 Å². The lowest BCUT2D eigenvalue weighted by molar-refractivity contribution is -0.928. The first-order chi connectivity index (χ1) is 13.8. The molecular weight excluding hydrogens is 412 g/mol. The molecule has 0 aliphatic heterocycles. The number of carboxylic acid groups (broad SMARTS) is 1. The number of quaternary nitrogens is 2. The van der Waals surface area contributed by atoms with Crippen LogP contribution >= 0.6 is 0 Å². The van der Waals surface area contributed by atoms with Crippen molar-refractivity contribution in [2.75, 3.05) is 72.8 Å². The molecule has 0 amide bonds. The zero-order valence-electron chi connectivity index (χ0n) is 19.4. The fourth-order valence-corrected chi connectivity index (χ4v) is 3.79. The van der Waals surface area contributed by atoms with Crippen molar-refractivity contribution < 1.29 is 42.1 Å². The second kappa shape index (κ2) is 16.9. The number of carboxylic acids is 1. The summed E-state index contributed by atoms with van der Waals surface area (Å²) in [6.07, 6.45) is 7.36. The molecule has 0 saturated heterocycles. The van der Waals surface area contributed by atoms with E-state index in [2.05, 4.69) is 6.92 Å². The first-order valence-corrected chi connectivity index (χ1v) is 12.4. The number of carbonyl (C=O) groups is 1. The molecule has 0 saturated carbocycles. The Labute approximate surface area is 183 Å². The second-order valence-electron chi connectivity index (χ2n) is 8.91. The zero-order valence-corrected chi connectivity index (χ0v) is 20.2. The van der Waals surface area contributed by atoms with Gasteiger partial charge in [0.2, 0.25) is 0 Å². The first-order valence-electron chi connectivity index (χ1n) is 10.8. The largest absolute Gasteiger partial charge is 0.544 e. The van der Waals surface area contributed by atoms with Gasteiger partial charge in [-0.2, -0.15) is 8.42 Å². The molecule has 10 heteroatoms. The van der Waals surface area contributed by atoms with Gasteiger partial charge in [0.1, 0.15) is 19.6 Å². The Kier molecular flexibility index (Phi) is 17.6. The molecule has 9 nitrogen and oxygen atoms in total. The molecule has 0 spiro atoms. The van der Waals surface area contributed by atoms with E-state index in [0.29, 0.717) is 35.0 Å². The van der Waals surface area contributed by atoms with Crippen LogP contribution in [0.5, 0.6) is 0 Å². The summed E-state index contributed by atoms with van der Waals surface area (Å²) in [5, 5.41) is 28.5. The molecule has 0 heterocycles. The predicted octanol–water partition coefficient (Wildman–Crippen LogP) is -0.131. The summed E-state index contributed by atoms with van der Waals surface area (Å²) in [6, 6.07) is 0. The third kappa shape index (κ3) is 21.9. The molecule has 0 aromatic heterocycles. The maximum Gasteiger partial charge on any atom is 0.265 e. The lowest BCUT2D eigenvalue weighted by Crippen LogP contribution is -2.53. The van der Waals surface area contributed by atoms with Crippen LogP contribution in [0.1, 0.15) is 51.9 Å². The molecular formula is C20H45N2O7S+. The summed E-state index contributed by atoms with van der Waals surface area (Å²) in [4.78, 5) is 9.89. The Hall–Kier alpha value is -0.780. The van der Waals surface area contributed by atoms with Crippen LogP contribution in [0.25, 0.3) is 0 Å². The molecule has 0 aromatic rings. The van der Waals surface area contributed by atoms with Crippen LogP contribution in [0.2, 0.25) is 0 Å². The number of likely N-dealkylation sites (N-methyl/N-ethyl adjacent to an activating group) is 1. The number of carbonyl (C=O) groups excluding carboxylic acids is 1. The highest BCUT2D eigenvalue weighted by molar-refractivity contribution is 7.85. The summed E-state index contributed by atoms with van der Waals surface area (Å²) in [6.45, 7) is 4.69. The van der Waals surface area contributed by atoms with Crippen LogP contribution in [0.4, 0.5) is 0 Å². The maximum absolute atomic E-state index is 10.8. The third-order valence-electron chi connectivity index (χ3n) is 4.77. The number of aliphatic hydroxyl groups is 2. The zero-order chi connectivity index (χ0) is 23.7. The molecule has 0 aliphatic carbocycles. The predicted molar refractivity (Wildman–Crippen MR) is 116 cm³/mol. The molecule has 0 aliphatic rings. The van der Waals surface area contributed by atoms with Crippen LogP contribution in [0.3, 0.4) is 0 Å². The van der Waals surface area contributed by atoms with E-state index in [1.54, 1.807) is 21.1 Å². The van der Waals surface area contributed by atoms with Crippen molar-refractivity contribution in [2.24, 2.45) is 0 Å². The van der Waals surface area contributed by atoms with Gasteiger partial charge in [-0.3, -0.25) is 4.55 Å². The minimum atomic E-state index is -3.95. The standard InChI is InChI=1S/C15H33NO5S.C5H11NO2/c1-2-3-4-5-6-7-9-16(11-13-17,12-14-18)10-8-15-22(19,20)21;1-6(2,3)4-5(7)8/h17-18H,2-15H2,1H3;4H2,1-3H3/p+1. The Balaban J connectivity index is 0. The van der Waals surface area contributed by atoms with Crippen molar-refractivity contribution in [3.8, 4) is 0 Å². The van der Waals surface area contributed by atoms with Crippen molar-refractivity contribution in [3.63, 3.8) is 0 Å². The van der Waals surface area contributed by atoms with Crippen molar-refractivity contribution in [2.45, 2.75) is 51.9 Å². The van der Waals surface area contributed by atoms with Crippen LogP contribution in [-0.4, -0.2) is 111 Å². The number of hydrogen-bond donors (Lipinski definition) is 3. The quantitative estimate of drug-likeness (QED) is 0.157. The van der Waals surface area contributed by atoms with E-state index in [1.165, 1.54) is 25.7 Å². The summed E-state index contributed by atoms with van der Waals surface area (Å²) >= 11 is 0. The highest BCUT2D eigenvalue weighted by atomic mass is 32.2. The van der Waals surface area contributed by atoms with Crippen LogP contribution in [-0.2, 0) is 14.9 Å². The second-order valence-corrected chi connectivity index (χ2v) is 10.5. The maximum atomic E-state index is 10.8. The van der Waals surface area contributed by atoms with Crippen molar-refractivity contribution in [1.82, 2.24) is 0 Å². The lowest BCUT2D eigenvalue weighted by Gasteiger charge is -2.38. The summed E-state index contributed by atoms with van der Waals surface area (Å²) in [5.41, 5.74) is 0. The molecule has 0 radical (unpaired) electrons. The Morgan fingerprint density at radius 1 is 0.833 bits per heavy atom. The van der Waals surface area contributed by atoms with Crippen LogP contribution in [0.15, 0.2) is 0 Å². The van der Waals surface area contributed by atoms with Crippen LogP contribution < -0.4 is 5.11 Å². The van der Waals surface area contributed by atoms with Gasteiger partial charge in [0, 0.05) is 6.42 Å². The minimum absolute atomic E-state index is 0.0156. The summed E-state index contributed by atoms with van der Waals surface area (Å²) in [5.74, 6) is -1.27. The number of unbranched alkanes of at least 4 members (excludes halogenated alkanes) is 5. The SMILES string of the molecule is CCCCCCCC[N+](CCO)(CCO)CCCS(=O)(=O)O.C[N+](C)(C)CC(=O)[O-]. The van der Waals surface area contributed by atoms with Crippen molar-refractivity contribution in [1.29, 1.82) is 0 Å². The Morgan fingerprint density at radius 2 is 1.30 bits per heavy atom. The lowest BCUT2D eigenvalue weighted by atomic mass is 10.1. The molecule has 0 atom stereocenters. The number of rotatable bonds is 17. The first kappa shape index (κ1) is 31.4. The molecule has 182 valence electrons. The highest BCUT2D eigenvalue weighted by Gasteiger charge is 2.26. The number of nitrogens with zero attached hydrogens (tertiary/aromatic N) is 2. The molecule has 0 unspecified atom stereocenters. The van der Waals surface area contributed by atoms with Gasteiger partial charge in [-0.1, -0.05) is 32.6 Å². The number of aliphatic hydroxyl groups excluding tert-OH is 2. The van der Waals surface area contributed by atoms with Gasteiger partial charge >= 0.3 is 0 Å². The van der Waals surface area contributed by atoms with E-state index < -0.39 is 16.1 Å². The van der Waals surface area contributed by atoms with Gasteiger partial charge < -0.3 is 29.1 Å². The van der Waals surface area contributed by atoms with Gasteiger partial charge in [-0.15, -0.1) is 0 Å². The molecule has 3 N–H and O–H groups in total. The molecule has 0 aromatic carbocycles. The Bertz CT molecular complexity index is 528. The average molecular weight is 458 g/mol. The van der Waals surface area contributed by atoms with Crippen LogP contribution in [0, 0.1) is 0 Å². The topological polar surface area (TPSA) is 135 Å². The van der Waals surface area contributed by atoms with Gasteiger partial charge in [0.15, 0.2) is 0 Å². The molecule has 0 bridgehead atoms. The fraction of sp³-hybridized carbons (Fsp3) is 0.950. The van der Waals surface area contributed by atoms with E-state index in [-0.39, 0.29) is 25.5 Å². The fourth-order valence-electron chi connectivity index (χ4n) is 3.29. The third-order valence-corrected chi connectivity index (χ3v) is 5.58. The van der Waals surface area contributed by atoms with E-state index in [1.807, 2.05) is 0 Å². The Morgan fingerprint density at radius 3 is 1.67 bits per heavy atom. The summed E-state index contributed by atoms with van der Waals surface area (Å²) in [7, 11) is 1.46. The minimum Gasteiger partial charge on any atom is -0.544 e. The van der Waals surface area contributed by atoms with E-state index in [9.17, 15) is 28.5 Å². The monoisotopic (exact) mass is 457 g/mol. The van der Waals surface area contributed by atoms with Gasteiger partial charge in [0.05, 0.1) is 59.2 Å². The van der Waals surface area contributed by atoms with E-state index >= 15 is 0 Å². The van der Waals surface area contributed by atoms with Gasteiger partial charge in [-0.05, 0) is 12.8 Å². The van der Waals surface area contributed by atoms with E-state index in [0.717, 1.165) is 19.4 Å².